The first-order chi connectivity index (χ1) is 24.6. The predicted molar refractivity (Wildman–Crippen MR) is 206 cm³/mol. The second-order valence-corrected chi connectivity index (χ2v) is 15.5. The number of carbonyl (C=O) groups excluding carboxylic acids is 5. The van der Waals surface area contributed by atoms with Gasteiger partial charge in [0.05, 0.1) is 52.3 Å². The van der Waals surface area contributed by atoms with E-state index >= 15 is 0 Å². The Morgan fingerprint density at radius 3 is 1.71 bits per heavy atom. The highest BCUT2D eigenvalue weighted by Crippen LogP contribution is 2.16. The lowest BCUT2D eigenvalue weighted by atomic mass is 9.93. The number of allylic oxidation sites excluding steroid dienone is 1. The van der Waals surface area contributed by atoms with Crippen LogP contribution < -0.4 is 27.0 Å². The van der Waals surface area contributed by atoms with E-state index < -0.39 is 36.0 Å². The number of nitrogens with one attached hydrogen (secondary N) is 4. The van der Waals surface area contributed by atoms with Crippen molar-refractivity contribution in [2.45, 2.75) is 104 Å². The Labute approximate surface area is 316 Å². The minimum absolute atomic E-state index is 0.0273. The average molecular weight is 760 g/mol. The van der Waals surface area contributed by atoms with E-state index in [1.165, 1.54) is 0 Å². The van der Waals surface area contributed by atoms with E-state index in [0.29, 0.717) is 70.3 Å². The molecular weight excluding hydrogens is 690 g/mol. The maximum Gasteiger partial charge on any atom is 0.312 e. The molecule has 52 heavy (non-hydrogen) atoms. The zero-order valence-electron chi connectivity index (χ0n) is 33.0. The Hall–Kier alpha value is -2.72. The van der Waals surface area contributed by atoms with Crippen molar-refractivity contribution >= 4 is 41.3 Å². The number of ketones is 1. The van der Waals surface area contributed by atoms with Crippen LogP contribution in [0.1, 0.15) is 81.1 Å². The Bertz CT molecular complexity index is 1050. The first-order valence-electron chi connectivity index (χ1n) is 18.6. The van der Waals surface area contributed by atoms with Gasteiger partial charge < -0.3 is 45.9 Å². The molecule has 0 heterocycles. The summed E-state index contributed by atoms with van der Waals surface area (Å²) in [5.41, 5.74) is 5.16. The summed E-state index contributed by atoms with van der Waals surface area (Å²) in [4.78, 5) is 63.7. The Balaban J connectivity index is 4.77. The van der Waals surface area contributed by atoms with Gasteiger partial charge in [0, 0.05) is 31.2 Å². The Morgan fingerprint density at radius 1 is 0.692 bits per heavy atom. The number of amides is 5. The van der Waals surface area contributed by atoms with Gasteiger partial charge >= 0.3 is 6.03 Å². The summed E-state index contributed by atoms with van der Waals surface area (Å²) in [6.45, 7) is 22.9. The molecule has 0 rings (SSSR count). The van der Waals surface area contributed by atoms with Gasteiger partial charge in [0.25, 0.3) is 0 Å². The lowest BCUT2D eigenvalue weighted by Crippen LogP contribution is -2.57. The summed E-state index contributed by atoms with van der Waals surface area (Å²) in [5.74, 6) is -0.740. The summed E-state index contributed by atoms with van der Waals surface area (Å²) < 4.78 is 22.2. The van der Waals surface area contributed by atoms with Crippen LogP contribution in [0, 0.1) is 23.7 Å². The van der Waals surface area contributed by atoms with Crippen molar-refractivity contribution in [3.8, 4) is 0 Å². The number of hydrogen-bond donors (Lipinski definition) is 5. The molecule has 302 valence electrons. The van der Waals surface area contributed by atoms with Crippen LogP contribution in [0.2, 0.25) is 0 Å². The molecule has 0 bridgehead atoms. The van der Waals surface area contributed by atoms with E-state index in [1.807, 2.05) is 19.9 Å². The number of primary amides is 1. The fourth-order valence-corrected chi connectivity index (χ4v) is 5.68. The van der Waals surface area contributed by atoms with Crippen molar-refractivity contribution in [1.82, 2.24) is 21.3 Å². The standard InChI is InChI=1S/C37H69N5O9S/c1-10-29(25(2)3)13-16-48-18-20-50-22-23-51-21-19-49-17-14-32(43)42-33(26(4)5)36(46)40-30(12-11-15-39-37(38)47)35(45)41-31(24-52-28(8)9)34(44)27(6)7/h10,25-31,33H,1,11-24H2,2-9H3,(H,40,46)(H,41,45)(H,42,43)(H3,38,39,47). The molecule has 0 fully saturated rings. The van der Waals surface area contributed by atoms with E-state index in [0.717, 1.165) is 6.42 Å². The minimum atomic E-state index is -1.01. The SMILES string of the molecule is C=CC(CCOCCOCCOCCOCCC(=O)NC(C(=O)NC(CCCNC(N)=O)C(=O)NC(CSC(C)C)C(=O)C(C)C)C(C)C)C(C)C. The molecule has 4 unspecified atom stereocenters. The third-order valence-electron chi connectivity index (χ3n) is 8.04. The predicted octanol–water partition coefficient (Wildman–Crippen LogP) is 3.22. The quantitative estimate of drug-likeness (QED) is 0.0502. The average Bonchev–Trinajstić information content (AvgIpc) is 3.07. The minimum Gasteiger partial charge on any atom is -0.379 e. The summed E-state index contributed by atoms with van der Waals surface area (Å²) in [6, 6.07) is -3.37. The zero-order valence-corrected chi connectivity index (χ0v) is 33.8. The smallest absolute Gasteiger partial charge is 0.312 e. The second kappa shape index (κ2) is 29.7. The maximum atomic E-state index is 13.5. The molecule has 0 aliphatic rings. The van der Waals surface area contributed by atoms with Gasteiger partial charge in [-0.15, -0.1) is 6.58 Å². The molecule has 6 N–H and O–H groups in total. The van der Waals surface area contributed by atoms with Crippen LogP contribution in [0.3, 0.4) is 0 Å². The Morgan fingerprint density at radius 2 is 1.23 bits per heavy atom. The van der Waals surface area contributed by atoms with Gasteiger partial charge in [0.15, 0.2) is 5.78 Å². The van der Waals surface area contributed by atoms with Crippen molar-refractivity contribution in [2.75, 3.05) is 65.2 Å². The van der Waals surface area contributed by atoms with Crippen molar-refractivity contribution in [2.24, 2.45) is 29.4 Å². The van der Waals surface area contributed by atoms with Gasteiger partial charge in [0.1, 0.15) is 12.1 Å². The van der Waals surface area contributed by atoms with Gasteiger partial charge in [-0.1, -0.05) is 61.5 Å². The molecule has 0 radical (unpaired) electrons. The van der Waals surface area contributed by atoms with Crippen molar-refractivity contribution in [3.05, 3.63) is 12.7 Å². The normalized spacial score (nSPS) is 13.8. The zero-order chi connectivity index (χ0) is 39.5. The number of carbonyl (C=O) groups is 5. The van der Waals surface area contributed by atoms with Crippen LogP contribution in [0.15, 0.2) is 12.7 Å². The van der Waals surface area contributed by atoms with E-state index in [9.17, 15) is 24.0 Å². The van der Waals surface area contributed by atoms with Crippen LogP contribution >= 0.6 is 11.8 Å². The first kappa shape index (κ1) is 49.3. The molecule has 0 aromatic rings. The Kier molecular flexibility index (Phi) is 28.1. The molecule has 4 atom stereocenters. The van der Waals surface area contributed by atoms with Crippen LogP contribution in [-0.2, 0) is 38.1 Å². The van der Waals surface area contributed by atoms with Gasteiger partial charge in [-0.2, -0.15) is 11.8 Å². The molecule has 0 aromatic carbocycles. The number of urea groups is 1. The molecule has 0 aliphatic heterocycles. The lowest BCUT2D eigenvalue weighted by molar-refractivity contribution is -0.134. The fourth-order valence-electron chi connectivity index (χ4n) is 4.86. The summed E-state index contributed by atoms with van der Waals surface area (Å²) in [6.07, 6.45) is 3.46. The highest BCUT2D eigenvalue weighted by molar-refractivity contribution is 7.99. The van der Waals surface area contributed by atoms with Crippen molar-refractivity contribution < 1.29 is 42.9 Å². The third-order valence-corrected chi connectivity index (χ3v) is 9.23. The van der Waals surface area contributed by atoms with Gasteiger partial charge in [-0.3, -0.25) is 19.2 Å². The number of ether oxygens (including phenoxy) is 4. The molecule has 0 aliphatic carbocycles. The fraction of sp³-hybridized carbons (Fsp3) is 0.811. The number of rotatable bonds is 32. The molecule has 0 spiro atoms. The topological polar surface area (TPSA) is 196 Å². The lowest BCUT2D eigenvalue weighted by Gasteiger charge is -2.27. The molecule has 0 aromatic heterocycles. The molecule has 15 heteroatoms. The van der Waals surface area contributed by atoms with E-state index in [4.69, 9.17) is 24.7 Å². The molecule has 0 saturated heterocycles. The van der Waals surface area contributed by atoms with Crippen LogP contribution in [0.25, 0.3) is 0 Å². The molecule has 0 saturated carbocycles. The molecule has 14 nitrogen and oxygen atoms in total. The van der Waals surface area contributed by atoms with Crippen LogP contribution in [0.4, 0.5) is 4.79 Å². The molecule has 5 amide bonds. The van der Waals surface area contributed by atoms with Crippen LogP contribution in [0.5, 0.6) is 0 Å². The van der Waals surface area contributed by atoms with Crippen molar-refractivity contribution in [3.63, 3.8) is 0 Å². The number of hydrogen-bond acceptors (Lipinski definition) is 10. The summed E-state index contributed by atoms with van der Waals surface area (Å²) in [5, 5.41) is 11.1. The van der Waals surface area contributed by atoms with E-state index in [1.54, 1.807) is 39.5 Å². The van der Waals surface area contributed by atoms with Gasteiger partial charge in [-0.05, 0) is 42.3 Å². The number of nitrogens with two attached hydrogens (primary N) is 1. The highest BCUT2D eigenvalue weighted by atomic mass is 32.2. The number of Topliss-reactive ketones (excluding diaryl/α,β-unsaturated/α-hetero) is 1. The molecular formula is C37H69N5O9S. The highest BCUT2D eigenvalue weighted by Gasteiger charge is 2.31. The monoisotopic (exact) mass is 759 g/mol. The van der Waals surface area contributed by atoms with Crippen molar-refractivity contribution in [1.29, 1.82) is 0 Å². The first-order valence-corrected chi connectivity index (χ1v) is 19.7. The van der Waals surface area contributed by atoms with Crippen LogP contribution in [-0.4, -0.2) is 118 Å². The van der Waals surface area contributed by atoms with E-state index in [-0.39, 0.29) is 54.8 Å². The largest absolute Gasteiger partial charge is 0.379 e. The summed E-state index contributed by atoms with van der Waals surface area (Å²) >= 11 is 1.55. The second-order valence-electron chi connectivity index (χ2n) is 13.9. The number of thioether (sulfide) groups is 1. The van der Waals surface area contributed by atoms with Gasteiger partial charge in [0.2, 0.25) is 17.7 Å². The maximum absolute atomic E-state index is 13.5. The third kappa shape index (κ3) is 24.5. The van der Waals surface area contributed by atoms with Gasteiger partial charge in [-0.25, -0.2) is 4.79 Å². The van der Waals surface area contributed by atoms with E-state index in [2.05, 4.69) is 41.7 Å². The summed E-state index contributed by atoms with van der Waals surface area (Å²) in [7, 11) is 0.